The Hall–Kier alpha value is -2.80. The number of aliphatic hydroxyl groups is 1. The van der Waals surface area contributed by atoms with E-state index in [1.807, 2.05) is 13.0 Å². The minimum atomic E-state index is -1.38. The van der Waals surface area contributed by atoms with Gasteiger partial charge >= 0.3 is 0 Å². The molecule has 5 nitrogen and oxygen atoms in total. The molecule has 0 spiro atoms. The molecular formula is C22H23F2N3O2. The second kappa shape index (κ2) is 6.91. The maximum Gasteiger partial charge on any atom is 0.229 e. The van der Waals surface area contributed by atoms with Crippen LogP contribution in [0.5, 0.6) is 0 Å². The maximum atomic E-state index is 14.6. The fourth-order valence-electron chi connectivity index (χ4n) is 4.00. The first-order valence-corrected chi connectivity index (χ1v) is 9.66. The SMILES string of the molecule is CC(O)(CC(=O)Nc1nc2ccc(F)c(F)c2n1C1(C)CCC1)c1ccccc1. The van der Waals surface area contributed by atoms with Gasteiger partial charge < -0.3 is 9.67 Å². The predicted octanol–water partition coefficient (Wildman–Crippen LogP) is 4.45. The summed E-state index contributed by atoms with van der Waals surface area (Å²) in [5.41, 5.74) is -0.879. The number of nitrogens with one attached hydrogen (secondary N) is 1. The van der Waals surface area contributed by atoms with E-state index in [-0.39, 0.29) is 23.4 Å². The largest absolute Gasteiger partial charge is 0.385 e. The molecule has 0 saturated heterocycles. The molecule has 152 valence electrons. The molecule has 29 heavy (non-hydrogen) atoms. The molecule has 7 heteroatoms. The number of halogens is 2. The van der Waals surface area contributed by atoms with Crippen LogP contribution in [-0.4, -0.2) is 20.6 Å². The van der Waals surface area contributed by atoms with Crippen LogP contribution >= 0.6 is 0 Å². The van der Waals surface area contributed by atoms with Crippen LogP contribution in [0.1, 0.15) is 45.1 Å². The first-order chi connectivity index (χ1) is 13.7. The lowest BCUT2D eigenvalue weighted by molar-refractivity contribution is -0.120. The van der Waals surface area contributed by atoms with Gasteiger partial charge in [-0.2, -0.15) is 0 Å². The molecule has 1 fully saturated rings. The fourth-order valence-corrected chi connectivity index (χ4v) is 4.00. The molecule has 0 aliphatic heterocycles. The molecule has 1 aliphatic rings. The molecule has 2 N–H and O–H groups in total. The van der Waals surface area contributed by atoms with Gasteiger partial charge in [-0.15, -0.1) is 0 Å². The van der Waals surface area contributed by atoms with Crippen molar-refractivity contribution in [1.82, 2.24) is 9.55 Å². The average Bonchev–Trinajstić information content (AvgIpc) is 3.02. The summed E-state index contributed by atoms with van der Waals surface area (Å²) < 4.78 is 30.1. The Morgan fingerprint density at radius 1 is 1.24 bits per heavy atom. The van der Waals surface area contributed by atoms with E-state index >= 15 is 0 Å². The number of nitrogens with zero attached hydrogens (tertiary/aromatic N) is 2. The van der Waals surface area contributed by atoms with Crippen molar-refractivity contribution in [1.29, 1.82) is 0 Å². The Morgan fingerprint density at radius 2 is 1.93 bits per heavy atom. The third-order valence-corrected chi connectivity index (χ3v) is 5.83. The number of rotatable bonds is 5. The zero-order chi connectivity index (χ0) is 20.8. The van der Waals surface area contributed by atoms with Crippen molar-refractivity contribution in [3.05, 3.63) is 59.7 Å². The zero-order valence-electron chi connectivity index (χ0n) is 16.4. The number of aromatic nitrogens is 2. The van der Waals surface area contributed by atoms with E-state index in [4.69, 9.17) is 0 Å². The standard InChI is InChI=1S/C22H23F2N3O2/c1-21(11-6-12-21)27-19-16(10-9-15(23)18(19)24)25-20(27)26-17(28)13-22(2,29)14-7-4-3-5-8-14/h3-5,7-10,29H,6,11-13H2,1-2H3,(H,25,26,28). The molecule has 1 unspecified atom stereocenters. The summed E-state index contributed by atoms with van der Waals surface area (Å²) in [6.45, 7) is 3.50. The van der Waals surface area contributed by atoms with E-state index in [9.17, 15) is 18.7 Å². The highest BCUT2D eigenvalue weighted by atomic mass is 19.2. The highest BCUT2D eigenvalue weighted by molar-refractivity contribution is 5.92. The topological polar surface area (TPSA) is 67.2 Å². The quantitative estimate of drug-likeness (QED) is 0.666. The van der Waals surface area contributed by atoms with Gasteiger partial charge in [0.05, 0.1) is 17.5 Å². The van der Waals surface area contributed by atoms with Gasteiger partial charge in [0.15, 0.2) is 11.6 Å². The molecule has 1 aromatic heterocycles. The van der Waals surface area contributed by atoms with Gasteiger partial charge in [-0.25, -0.2) is 13.8 Å². The lowest BCUT2D eigenvalue weighted by atomic mass is 9.78. The van der Waals surface area contributed by atoms with Gasteiger partial charge in [0.1, 0.15) is 5.52 Å². The predicted molar refractivity (Wildman–Crippen MR) is 106 cm³/mol. The summed E-state index contributed by atoms with van der Waals surface area (Å²) in [5.74, 6) is -2.22. The molecule has 1 saturated carbocycles. The van der Waals surface area contributed by atoms with Crippen LogP contribution in [0.15, 0.2) is 42.5 Å². The summed E-state index contributed by atoms with van der Waals surface area (Å²) in [6, 6.07) is 11.3. The third-order valence-electron chi connectivity index (χ3n) is 5.83. The van der Waals surface area contributed by atoms with E-state index in [0.717, 1.165) is 25.3 Å². The lowest BCUT2D eigenvalue weighted by Crippen LogP contribution is -2.39. The normalized spacial score (nSPS) is 17.6. The van der Waals surface area contributed by atoms with Crippen LogP contribution in [0.3, 0.4) is 0 Å². The van der Waals surface area contributed by atoms with Crippen LogP contribution in [0, 0.1) is 11.6 Å². The van der Waals surface area contributed by atoms with Crippen molar-refractivity contribution >= 4 is 22.9 Å². The van der Waals surface area contributed by atoms with E-state index in [2.05, 4.69) is 10.3 Å². The summed E-state index contributed by atoms with van der Waals surface area (Å²) in [5, 5.41) is 13.5. The number of imidazole rings is 1. The molecule has 4 rings (SSSR count). The van der Waals surface area contributed by atoms with Crippen LogP contribution in [0.2, 0.25) is 0 Å². The van der Waals surface area contributed by atoms with Crippen molar-refractivity contribution in [2.24, 2.45) is 0 Å². The number of hydrogen-bond donors (Lipinski definition) is 2. The summed E-state index contributed by atoms with van der Waals surface area (Å²) in [6.07, 6.45) is 2.31. The first-order valence-electron chi connectivity index (χ1n) is 9.66. The molecular weight excluding hydrogens is 376 g/mol. The van der Waals surface area contributed by atoms with Gasteiger partial charge in [-0.1, -0.05) is 30.3 Å². The smallest absolute Gasteiger partial charge is 0.229 e. The molecule has 0 bridgehead atoms. The Bertz CT molecular complexity index is 1070. The van der Waals surface area contributed by atoms with Crippen molar-refractivity contribution in [2.45, 2.75) is 50.7 Å². The third kappa shape index (κ3) is 3.40. The van der Waals surface area contributed by atoms with Gasteiger partial charge in [-0.3, -0.25) is 10.1 Å². The van der Waals surface area contributed by atoms with E-state index in [1.54, 1.807) is 35.8 Å². The Morgan fingerprint density at radius 3 is 2.55 bits per heavy atom. The van der Waals surface area contributed by atoms with Gasteiger partial charge in [0.25, 0.3) is 0 Å². The monoisotopic (exact) mass is 399 g/mol. The summed E-state index contributed by atoms with van der Waals surface area (Å²) in [7, 11) is 0. The highest BCUT2D eigenvalue weighted by Crippen LogP contribution is 2.43. The minimum Gasteiger partial charge on any atom is -0.385 e. The Balaban J connectivity index is 1.68. The number of hydrogen-bond acceptors (Lipinski definition) is 3. The molecule has 1 atom stereocenters. The zero-order valence-corrected chi connectivity index (χ0v) is 16.4. The number of benzene rings is 2. The van der Waals surface area contributed by atoms with Crippen molar-refractivity contribution in [2.75, 3.05) is 5.32 Å². The second-order valence-corrected chi connectivity index (χ2v) is 8.22. The van der Waals surface area contributed by atoms with Crippen LogP contribution in [0.25, 0.3) is 11.0 Å². The fraction of sp³-hybridized carbons (Fsp3) is 0.364. The minimum absolute atomic E-state index is 0.0531. The average molecular weight is 399 g/mol. The maximum absolute atomic E-state index is 14.6. The molecule has 1 heterocycles. The Kier molecular flexibility index (Phi) is 4.65. The first kappa shape index (κ1) is 19.5. The summed E-state index contributed by atoms with van der Waals surface area (Å²) >= 11 is 0. The highest BCUT2D eigenvalue weighted by Gasteiger charge is 2.38. The van der Waals surface area contributed by atoms with E-state index < -0.39 is 28.7 Å². The van der Waals surface area contributed by atoms with Crippen molar-refractivity contribution in [3.8, 4) is 0 Å². The number of amides is 1. The van der Waals surface area contributed by atoms with E-state index in [1.165, 1.54) is 6.07 Å². The van der Waals surface area contributed by atoms with Crippen molar-refractivity contribution in [3.63, 3.8) is 0 Å². The molecule has 3 aromatic rings. The number of fused-ring (bicyclic) bond motifs is 1. The van der Waals surface area contributed by atoms with Crippen LogP contribution in [-0.2, 0) is 15.9 Å². The second-order valence-electron chi connectivity index (χ2n) is 8.22. The number of carbonyl (C=O) groups is 1. The van der Waals surface area contributed by atoms with Crippen molar-refractivity contribution < 1.29 is 18.7 Å². The molecule has 0 radical (unpaired) electrons. The molecule has 2 aromatic carbocycles. The van der Waals surface area contributed by atoms with E-state index in [0.29, 0.717) is 5.56 Å². The van der Waals surface area contributed by atoms with Gasteiger partial charge in [-0.05, 0) is 50.8 Å². The van der Waals surface area contributed by atoms with Gasteiger partial charge in [0, 0.05) is 5.54 Å². The molecule has 1 amide bonds. The Labute approximate surface area is 167 Å². The van der Waals surface area contributed by atoms with Crippen LogP contribution < -0.4 is 5.32 Å². The summed E-state index contributed by atoms with van der Waals surface area (Å²) in [4.78, 5) is 17.1. The van der Waals surface area contributed by atoms with Gasteiger partial charge in [0.2, 0.25) is 11.9 Å². The molecule has 1 aliphatic carbocycles. The lowest BCUT2D eigenvalue weighted by Gasteiger charge is -2.41. The number of anilines is 1. The number of carbonyl (C=O) groups excluding carboxylic acids is 1. The van der Waals surface area contributed by atoms with Crippen LogP contribution in [0.4, 0.5) is 14.7 Å².